The second-order valence-electron chi connectivity index (χ2n) is 5.49. The smallest absolute Gasteiger partial charge is 0.220 e. The largest absolute Gasteiger partial charge is 0.481 e. The highest BCUT2D eigenvalue weighted by molar-refractivity contribution is 5.96. The average Bonchev–Trinajstić information content (AvgIpc) is 2.78. The van der Waals surface area contributed by atoms with E-state index in [0.717, 1.165) is 0 Å². The molecule has 3 aromatic rings. The second kappa shape index (κ2) is 8.83. The SMILES string of the molecule is COc1cc(OC)nc(-c2cccc(-c3nc(OC)cc(OC)n3)c2[C]=NO)n1. The topological polar surface area (TPSA) is 121 Å². The predicted octanol–water partition coefficient (Wildman–Crippen LogP) is 2.32. The molecule has 0 saturated heterocycles. The zero-order valence-electron chi connectivity index (χ0n) is 16.2. The predicted molar refractivity (Wildman–Crippen MR) is 103 cm³/mol. The normalized spacial score (nSPS) is 10.8. The Hall–Kier alpha value is -3.95. The van der Waals surface area contributed by atoms with Gasteiger partial charge in [0.25, 0.3) is 0 Å². The van der Waals surface area contributed by atoms with E-state index in [1.807, 2.05) is 0 Å². The Morgan fingerprint density at radius 2 is 1.10 bits per heavy atom. The number of aromatic nitrogens is 4. The van der Waals surface area contributed by atoms with Crippen LogP contribution in [0.1, 0.15) is 5.56 Å². The van der Waals surface area contributed by atoms with Gasteiger partial charge in [-0.3, -0.25) is 0 Å². The summed E-state index contributed by atoms with van der Waals surface area (Å²) in [4.78, 5) is 17.4. The molecule has 0 spiro atoms. The van der Waals surface area contributed by atoms with Crippen molar-refractivity contribution in [3.63, 3.8) is 0 Å². The number of hydrogen-bond donors (Lipinski definition) is 1. The molecule has 0 aliphatic heterocycles. The standard InChI is InChI=1S/C19H18N5O5/c1-26-14-8-15(27-2)22-18(21-14)11-6-5-7-12(13(11)10-20-25)19-23-16(28-3)9-17(24-19)29-4/h5-9,25H,1-4H3. The molecular weight excluding hydrogens is 378 g/mol. The summed E-state index contributed by atoms with van der Waals surface area (Å²) in [6.07, 6.45) is 2.55. The first kappa shape index (κ1) is 19.8. The minimum Gasteiger partial charge on any atom is -0.481 e. The van der Waals surface area contributed by atoms with Crippen LogP contribution in [0.2, 0.25) is 0 Å². The van der Waals surface area contributed by atoms with Crippen LogP contribution in [0.15, 0.2) is 35.5 Å². The average molecular weight is 396 g/mol. The van der Waals surface area contributed by atoms with E-state index in [1.165, 1.54) is 28.4 Å². The molecule has 0 saturated carbocycles. The highest BCUT2D eigenvalue weighted by atomic mass is 16.5. The molecule has 29 heavy (non-hydrogen) atoms. The summed E-state index contributed by atoms with van der Waals surface area (Å²) in [6.45, 7) is 0. The van der Waals surface area contributed by atoms with Gasteiger partial charge >= 0.3 is 0 Å². The summed E-state index contributed by atoms with van der Waals surface area (Å²) in [7, 11) is 5.95. The van der Waals surface area contributed by atoms with Gasteiger partial charge in [-0.15, -0.1) is 0 Å². The Labute approximate surface area is 166 Å². The Morgan fingerprint density at radius 1 is 0.724 bits per heavy atom. The first-order chi connectivity index (χ1) is 14.1. The van der Waals surface area contributed by atoms with Gasteiger partial charge in [0.05, 0.1) is 40.6 Å². The van der Waals surface area contributed by atoms with Crippen molar-refractivity contribution in [2.75, 3.05) is 28.4 Å². The number of hydrogen-bond acceptors (Lipinski definition) is 10. The van der Waals surface area contributed by atoms with Gasteiger partial charge in [-0.2, -0.15) is 19.9 Å². The van der Waals surface area contributed by atoms with Crippen molar-refractivity contribution in [3.8, 4) is 46.3 Å². The van der Waals surface area contributed by atoms with E-state index in [4.69, 9.17) is 18.9 Å². The number of benzene rings is 1. The van der Waals surface area contributed by atoms with Gasteiger partial charge in [-0.25, -0.2) is 0 Å². The van der Waals surface area contributed by atoms with Crippen molar-refractivity contribution in [2.45, 2.75) is 0 Å². The number of ether oxygens (including phenoxy) is 4. The van der Waals surface area contributed by atoms with E-state index in [-0.39, 0.29) is 11.6 Å². The monoisotopic (exact) mass is 396 g/mol. The van der Waals surface area contributed by atoms with E-state index in [9.17, 15) is 5.21 Å². The van der Waals surface area contributed by atoms with Gasteiger partial charge in [0, 0.05) is 16.7 Å². The lowest BCUT2D eigenvalue weighted by Gasteiger charge is -2.12. The molecule has 2 aromatic heterocycles. The van der Waals surface area contributed by atoms with Crippen molar-refractivity contribution in [3.05, 3.63) is 35.9 Å². The lowest BCUT2D eigenvalue weighted by Crippen LogP contribution is -2.03. The summed E-state index contributed by atoms with van der Waals surface area (Å²) in [5.74, 6) is 1.80. The highest BCUT2D eigenvalue weighted by Gasteiger charge is 2.18. The Morgan fingerprint density at radius 3 is 1.41 bits per heavy atom. The Kier molecular flexibility index (Phi) is 6.03. The first-order valence-electron chi connectivity index (χ1n) is 8.31. The highest BCUT2D eigenvalue weighted by Crippen LogP contribution is 2.32. The molecule has 1 aromatic carbocycles. The molecule has 10 heteroatoms. The summed E-state index contributed by atoms with van der Waals surface area (Å²) in [5, 5.41) is 12.3. The summed E-state index contributed by atoms with van der Waals surface area (Å²) in [6, 6.07) is 8.34. The lowest BCUT2D eigenvalue weighted by atomic mass is 10.0. The van der Waals surface area contributed by atoms with Crippen molar-refractivity contribution in [1.29, 1.82) is 0 Å². The molecule has 10 nitrogen and oxygen atoms in total. The summed E-state index contributed by atoms with van der Waals surface area (Å²) >= 11 is 0. The molecule has 0 fully saturated rings. The zero-order valence-corrected chi connectivity index (χ0v) is 16.2. The van der Waals surface area contributed by atoms with Crippen LogP contribution < -0.4 is 18.9 Å². The fraction of sp³-hybridized carbons (Fsp3) is 0.211. The first-order valence-corrected chi connectivity index (χ1v) is 8.31. The number of nitrogens with zero attached hydrogens (tertiary/aromatic N) is 5. The lowest BCUT2D eigenvalue weighted by molar-refractivity contribution is 0.322. The van der Waals surface area contributed by atoms with Crippen LogP contribution in [0.5, 0.6) is 23.5 Å². The summed E-state index contributed by atoms with van der Waals surface area (Å²) < 4.78 is 20.8. The fourth-order valence-corrected chi connectivity index (χ4v) is 2.56. The zero-order chi connectivity index (χ0) is 20.8. The van der Waals surface area contributed by atoms with E-state index in [2.05, 4.69) is 31.3 Å². The molecular formula is C19H18N5O5. The maximum atomic E-state index is 9.20. The minimum absolute atomic E-state index is 0.282. The molecule has 1 radical (unpaired) electrons. The quantitative estimate of drug-likeness (QED) is 0.364. The van der Waals surface area contributed by atoms with Gasteiger partial charge < -0.3 is 24.2 Å². The second-order valence-corrected chi connectivity index (χ2v) is 5.49. The van der Waals surface area contributed by atoms with Gasteiger partial charge in [-0.05, 0) is 0 Å². The maximum absolute atomic E-state index is 9.20. The van der Waals surface area contributed by atoms with E-state index in [0.29, 0.717) is 40.2 Å². The molecule has 0 bridgehead atoms. The Bertz CT molecular complexity index is 923. The van der Waals surface area contributed by atoms with E-state index in [1.54, 1.807) is 30.3 Å². The molecule has 3 rings (SSSR count). The number of rotatable bonds is 7. The van der Waals surface area contributed by atoms with Gasteiger partial charge in [-0.1, -0.05) is 23.4 Å². The van der Waals surface area contributed by atoms with Crippen molar-refractivity contribution >= 4 is 6.21 Å². The third-order valence-corrected chi connectivity index (χ3v) is 3.90. The van der Waals surface area contributed by atoms with Gasteiger partial charge in [0.1, 0.15) is 6.21 Å². The van der Waals surface area contributed by atoms with Crippen molar-refractivity contribution in [2.24, 2.45) is 5.16 Å². The van der Waals surface area contributed by atoms with Gasteiger partial charge in [0.15, 0.2) is 11.6 Å². The third kappa shape index (κ3) is 4.15. The summed E-state index contributed by atoms with van der Waals surface area (Å²) in [5.41, 5.74) is 1.37. The molecule has 0 unspecified atom stereocenters. The van der Waals surface area contributed by atoms with Crippen LogP contribution in [-0.2, 0) is 0 Å². The van der Waals surface area contributed by atoms with Crippen LogP contribution in [0.3, 0.4) is 0 Å². The molecule has 1 N–H and O–H groups in total. The molecule has 0 aliphatic rings. The Balaban J connectivity index is 2.26. The fourth-order valence-electron chi connectivity index (χ4n) is 2.56. The van der Waals surface area contributed by atoms with Gasteiger partial charge in [0.2, 0.25) is 23.5 Å². The van der Waals surface area contributed by atoms with Crippen LogP contribution in [-0.4, -0.2) is 59.8 Å². The molecule has 0 atom stereocenters. The third-order valence-electron chi connectivity index (χ3n) is 3.90. The molecule has 2 heterocycles. The molecule has 0 amide bonds. The molecule has 149 valence electrons. The van der Waals surface area contributed by atoms with Crippen LogP contribution in [0.25, 0.3) is 22.8 Å². The van der Waals surface area contributed by atoms with Crippen molar-refractivity contribution < 1.29 is 24.2 Å². The van der Waals surface area contributed by atoms with Crippen LogP contribution in [0.4, 0.5) is 0 Å². The van der Waals surface area contributed by atoms with E-state index >= 15 is 0 Å². The van der Waals surface area contributed by atoms with E-state index < -0.39 is 0 Å². The minimum atomic E-state index is 0.282. The molecule has 0 aliphatic carbocycles. The number of methoxy groups -OCH3 is 4. The maximum Gasteiger partial charge on any atom is 0.220 e. The van der Waals surface area contributed by atoms with Crippen molar-refractivity contribution in [1.82, 2.24) is 19.9 Å². The van der Waals surface area contributed by atoms with Crippen LogP contribution in [0, 0.1) is 0 Å². The van der Waals surface area contributed by atoms with Crippen LogP contribution >= 0.6 is 0 Å².